The Bertz CT molecular complexity index is 304. The minimum atomic E-state index is 0. The molecule has 0 aliphatic heterocycles. The fraction of sp³-hybridized carbons (Fsp3) is 0.933. The largest absolute Gasteiger partial charge is 0.383 e. The van der Waals surface area contributed by atoms with Crippen LogP contribution >= 0.6 is 24.0 Å². The lowest BCUT2D eigenvalue weighted by atomic mass is 10.2. The van der Waals surface area contributed by atoms with Crippen LogP contribution in [0.2, 0.25) is 0 Å². The Kier molecular flexibility index (Phi) is 9.59. The van der Waals surface area contributed by atoms with E-state index in [0.29, 0.717) is 6.04 Å². The highest BCUT2D eigenvalue weighted by Gasteiger charge is 2.28. The maximum Gasteiger partial charge on any atom is 0.191 e. The molecular weight excluding hydrogens is 379 g/mol. The summed E-state index contributed by atoms with van der Waals surface area (Å²) in [6.45, 7) is 3.88. The average Bonchev–Trinajstić information content (AvgIpc) is 3.18. The van der Waals surface area contributed by atoms with E-state index >= 15 is 0 Å². The normalized spacial score (nSPS) is 19.7. The zero-order valence-electron chi connectivity index (χ0n) is 13.4. The number of methoxy groups -OCH3 is 1. The van der Waals surface area contributed by atoms with Gasteiger partial charge < -0.3 is 15.4 Å². The first kappa shape index (κ1) is 19.0. The first-order valence-corrected chi connectivity index (χ1v) is 8.03. The van der Waals surface area contributed by atoms with Crippen LogP contribution in [-0.2, 0) is 4.74 Å². The van der Waals surface area contributed by atoms with E-state index in [0.717, 1.165) is 38.2 Å². The average molecular weight is 410 g/mol. The van der Waals surface area contributed by atoms with Crippen molar-refractivity contribution in [2.75, 3.05) is 40.4 Å². The molecule has 0 amide bonds. The van der Waals surface area contributed by atoms with Gasteiger partial charge in [0, 0.05) is 45.9 Å². The number of aliphatic imine (C=N–C) groups is 1. The Morgan fingerprint density at radius 2 is 1.90 bits per heavy atom. The van der Waals surface area contributed by atoms with Gasteiger partial charge in [0.25, 0.3) is 0 Å². The van der Waals surface area contributed by atoms with E-state index in [2.05, 4.69) is 20.5 Å². The predicted molar refractivity (Wildman–Crippen MR) is 98.6 cm³/mol. The lowest BCUT2D eigenvalue weighted by Gasteiger charge is -2.23. The SMILES string of the molecule is CN=C(NCCN(CCOC)C1CC1)NC1CCCC1.I. The molecule has 0 aromatic heterocycles. The zero-order chi connectivity index (χ0) is 14.2. The molecule has 0 spiro atoms. The number of hydrogen-bond acceptors (Lipinski definition) is 3. The van der Waals surface area contributed by atoms with Crippen molar-refractivity contribution in [1.82, 2.24) is 15.5 Å². The zero-order valence-corrected chi connectivity index (χ0v) is 15.8. The lowest BCUT2D eigenvalue weighted by molar-refractivity contribution is 0.144. The van der Waals surface area contributed by atoms with Crippen LogP contribution in [0.3, 0.4) is 0 Å². The second-order valence-electron chi connectivity index (χ2n) is 5.88. The molecule has 2 aliphatic carbocycles. The molecule has 0 bridgehead atoms. The van der Waals surface area contributed by atoms with Gasteiger partial charge in [0.2, 0.25) is 0 Å². The molecule has 0 aromatic rings. The molecule has 0 aromatic carbocycles. The van der Waals surface area contributed by atoms with Crippen LogP contribution in [0.4, 0.5) is 0 Å². The van der Waals surface area contributed by atoms with Crippen LogP contribution in [-0.4, -0.2) is 63.3 Å². The number of nitrogens with zero attached hydrogens (tertiary/aromatic N) is 2. The van der Waals surface area contributed by atoms with Gasteiger partial charge in [-0.25, -0.2) is 0 Å². The molecule has 2 fully saturated rings. The lowest BCUT2D eigenvalue weighted by Crippen LogP contribution is -2.45. The number of hydrogen-bond donors (Lipinski definition) is 2. The van der Waals surface area contributed by atoms with Crippen LogP contribution in [0.25, 0.3) is 0 Å². The number of guanidine groups is 1. The van der Waals surface area contributed by atoms with Gasteiger partial charge in [0.05, 0.1) is 6.61 Å². The van der Waals surface area contributed by atoms with Crippen LogP contribution < -0.4 is 10.6 Å². The highest BCUT2D eigenvalue weighted by molar-refractivity contribution is 14.0. The highest BCUT2D eigenvalue weighted by atomic mass is 127. The molecule has 0 heterocycles. The summed E-state index contributed by atoms with van der Waals surface area (Å²) in [4.78, 5) is 6.85. The minimum absolute atomic E-state index is 0. The van der Waals surface area contributed by atoms with Crippen molar-refractivity contribution >= 4 is 29.9 Å². The molecule has 5 nitrogen and oxygen atoms in total. The quantitative estimate of drug-likeness (QED) is 0.364. The molecule has 2 aliphatic rings. The third-order valence-electron chi connectivity index (χ3n) is 4.26. The first-order valence-electron chi connectivity index (χ1n) is 8.03. The summed E-state index contributed by atoms with van der Waals surface area (Å²) in [5.41, 5.74) is 0. The van der Waals surface area contributed by atoms with Gasteiger partial charge in [-0.05, 0) is 25.7 Å². The maximum atomic E-state index is 5.19. The van der Waals surface area contributed by atoms with E-state index < -0.39 is 0 Å². The fourth-order valence-electron chi connectivity index (χ4n) is 2.90. The Morgan fingerprint density at radius 3 is 2.48 bits per heavy atom. The standard InChI is InChI=1S/C15H30N4O.HI/c1-16-15(18-13-5-3-4-6-13)17-9-10-19(11-12-20-2)14-7-8-14;/h13-14H,3-12H2,1-2H3,(H2,16,17,18);1H. The summed E-state index contributed by atoms with van der Waals surface area (Å²) in [6.07, 6.45) is 7.95. The predicted octanol–water partition coefficient (Wildman–Crippen LogP) is 1.82. The molecule has 2 saturated carbocycles. The topological polar surface area (TPSA) is 48.9 Å². The Labute approximate surface area is 146 Å². The van der Waals surface area contributed by atoms with Gasteiger partial charge in [-0.15, -0.1) is 24.0 Å². The summed E-state index contributed by atoms with van der Waals surface area (Å²) in [6, 6.07) is 1.41. The van der Waals surface area contributed by atoms with Crippen molar-refractivity contribution in [2.45, 2.75) is 50.6 Å². The molecule has 21 heavy (non-hydrogen) atoms. The highest BCUT2D eigenvalue weighted by Crippen LogP contribution is 2.25. The summed E-state index contributed by atoms with van der Waals surface area (Å²) < 4.78 is 5.19. The van der Waals surface area contributed by atoms with Gasteiger partial charge in [-0.2, -0.15) is 0 Å². The van der Waals surface area contributed by atoms with Crippen molar-refractivity contribution in [2.24, 2.45) is 4.99 Å². The smallest absolute Gasteiger partial charge is 0.191 e. The van der Waals surface area contributed by atoms with Crippen molar-refractivity contribution in [3.05, 3.63) is 0 Å². The maximum absolute atomic E-state index is 5.19. The Balaban J connectivity index is 0.00000220. The van der Waals surface area contributed by atoms with Gasteiger partial charge in [-0.3, -0.25) is 9.89 Å². The molecule has 2 N–H and O–H groups in total. The molecule has 6 heteroatoms. The Hall–Kier alpha value is -0.0800. The van der Waals surface area contributed by atoms with E-state index in [1.807, 2.05) is 7.05 Å². The van der Waals surface area contributed by atoms with Crippen molar-refractivity contribution in [1.29, 1.82) is 0 Å². The Morgan fingerprint density at radius 1 is 1.19 bits per heavy atom. The molecule has 124 valence electrons. The summed E-state index contributed by atoms with van der Waals surface area (Å²) in [7, 11) is 3.63. The first-order chi connectivity index (χ1) is 9.83. The third-order valence-corrected chi connectivity index (χ3v) is 4.26. The molecule has 0 atom stereocenters. The number of ether oxygens (including phenoxy) is 1. The second kappa shape index (κ2) is 10.6. The summed E-state index contributed by atoms with van der Waals surface area (Å²) >= 11 is 0. The molecule has 0 radical (unpaired) electrons. The van der Waals surface area contributed by atoms with Crippen LogP contribution in [0.1, 0.15) is 38.5 Å². The van der Waals surface area contributed by atoms with Gasteiger partial charge in [-0.1, -0.05) is 12.8 Å². The van der Waals surface area contributed by atoms with E-state index in [1.54, 1.807) is 7.11 Å². The number of halogens is 1. The molecule has 0 unspecified atom stereocenters. The van der Waals surface area contributed by atoms with Crippen molar-refractivity contribution in [3.8, 4) is 0 Å². The molecule has 2 rings (SSSR count). The fourth-order valence-corrected chi connectivity index (χ4v) is 2.90. The minimum Gasteiger partial charge on any atom is -0.383 e. The van der Waals surface area contributed by atoms with Gasteiger partial charge in [0.15, 0.2) is 5.96 Å². The van der Waals surface area contributed by atoms with Crippen molar-refractivity contribution < 1.29 is 4.74 Å². The monoisotopic (exact) mass is 410 g/mol. The second-order valence-corrected chi connectivity index (χ2v) is 5.88. The van der Waals surface area contributed by atoms with Crippen LogP contribution in [0.5, 0.6) is 0 Å². The van der Waals surface area contributed by atoms with E-state index in [-0.39, 0.29) is 24.0 Å². The molecular formula is C15H31IN4O. The third kappa shape index (κ3) is 7.15. The summed E-state index contributed by atoms with van der Waals surface area (Å²) in [5, 5.41) is 6.97. The molecule has 0 saturated heterocycles. The van der Waals surface area contributed by atoms with Gasteiger partial charge >= 0.3 is 0 Å². The van der Waals surface area contributed by atoms with E-state index in [9.17, 15) is 0 Å². The van der Waals surface area contributed by atoms with Crippen molar-refractivity contribution in [3.63, 3.8) is 0 Å². The number of rotatable bonds is 8. The van der Waals surface area contributed by atoms with Gasteiger partial charge in [0.1, 0.15) is 0 Å². The number of nitrogens with one attached hydrogen (secondary N) is 2. The van der Waals surface area contributed by atoms with Crippen LogP contribution in [0, 0.1) is 0 Å². The van der Waals surface area contributed by atoms with Crippen LogP contribution in [0.15, 0.2) is 4.99 Å². The van der Waals surface area contributed by atoms with E-state index in [1.165, 1.54) is 38.5 Å². The summed E-state index contributed by atoms with van der Waals surface area (Å²) in [5.74, 6) is 0.958. The van der Waals surface area contributed by atoms with E-state index in [4.69, 9.17) is 4.74 Å².